The first-order chi connectivity index (χ1) is 6.11. The Morgan fingerprint density at radius 1 is 1.54 bits per heavy atom. The third-order valence-corrected chi connectivity index (χ3v) is 3.54. The van der Waals surface area contributed by atoms with E-state index in [4.69, 9.17) is 0 Å². The maximum Gasteiger partial charge on any atom is 0.0278 e. The topological polar surface area (TPSA) is 15.3 Å². The van der Waals surface area contributed by atoms with Gasteiger partial charge >= 0.3 is 0 Å². The largest absolute Gasteiger partial charge is 0.313 e. The van der Waals surface area contributed by atoms with Crippen molar-refractivity contribution < 1.29 is 0 Å². The van der Waals surface area contributed by atoms with Gasteiger partial charge in [-0.2, -0.15) is 0 Å². The second-order valence-corrected chi connectivity index (χ2v) is 4.64. The van der Waals surface area contributed by atoms with Gasteiger partial charge in [-0.05, 0) is 46.7 Å². The van der Waals surface area contributed by atoms with Crippen LogP contribution in [0, 0.1) is 0 Å². The van der Waals surface area contributed by atoms with Gasteiger partial charge in [0, 0.05) is 18.1 Å². The molecule has 1 rings (SSSR count). The summed E-state index contributed by atoms with van der Waals surface area (Å²) in [6, 6.07) is 0.743. The van der Waals surface area contributed by atoms with E-state index in [1.54, 1.807) is 0 Å². The smallest absolute Gasteiger partial charge is 0.0278 e. The molecular formula is C11H24N2. The van der Waals surface area contributed by atoms with Crippen molar-refractivity contribution >= 4 is 0 Å². The summed E-state index contributed by atoms with van der Waals surface area (Å²) in [5, 5.41) is 3.45. The summed E-state index contributed by atoms with van der Waals surface area (Å²) in [4.78, 5) is 2.61. The molecule has 2 heteroatoms. The van der Waals surface area contributed by atoms with Crippen LogP contribution in [0.1, 0.15) is 40.0 Å². The number of nitrogens with zero attached hydrogens (tertiary/aromatic N) is 1. The van der Waals surface area contributed by atoms with E-state index in [2.05, 4.69) is 38.0 Å². The maximum absolute atomic E-state index is 3.45. The Labute approximate surface area is 82.7 Å². The van der Waals surface area contributed by atoms with E-state index >= 15 is 0 Å². The van der Waals surface area contributed by atoms with E-state index in [0.717, 1.165) is 6.04 Å². The Hall–Kier alpha value is -0.0800. The standard InChI is InChI=1S/C11H24N2/c1-5-10(2)13-8-6-7-11(3,9-13)12-4/h10,12H,5-9H2,1-4H3. The van der Waals surface area contributed by atoms with E-state index in [1.165, 1.54) is 32.4 Å². The first kappa shape index (κ1) is 11.0. The Morgan fingerprint density at radius 3 is 2.77 bits per heavy atom. The highest BCUT2D eigenvalue weighted by atomic mass is 15.2. The number of piperidine rings is 1. The molecule has 1 heterocycles. The third-order valence-electron chi connectivity index (χ3n) is 3.54. The van der Waals surface area contributed by atoms with Crippen LogP contribution in [0.3, 0.4) is 0 Å². The molecule has 2 unspecified atom stereocenters. The number of hydrogen-bond acceptors (Lipinski definition) is 2. The van der Waals surface area contributed by atoms with Crippen molar-refractivity contribution in [3.8, 4) is 0 Å². The van der Waals surface area contributed by atoms with Gasteiger partial charge in [0.2, 0.25) is 0 Å². The van der Waals surface area contributed by atoms with Crippen molar-refractivity contribution in [3.05, 3.63) is 0 Å². The second kappa shape index (κ2) is 4.43. The van der Waals surface area contributed by atoms with E-state index in [-0.39, 0.29) is 0 Å². The molecule has 0 radical (unpaired) electrons. The number of hydrogen-bond donors (Lipinski definition) is 1. The minimum atomic E-state index is 0.349. The summed E-state index contributed by atoms with van der Waals surface area (Å²) in [7, 11) is 2.08. The Morgan fingerprint density at radius 2 is 2.23 bits per heavy atom. The van der Waals surface area contributed by atoms with Crippen LogP contribution in [0.15, 0.2) is 0 Å². The Balaban J connectivity index is 2.51. The van der Waals surface area contributed by atoms with Gasteiger partial charge in [0.05, 0.1) is 0 Å². The number of rotatable bonds is 3. The van der Waals surface area contributed by atoms with E-state index in [0.29, 0.717) is 5.54 Å². The molecule has 1 fully saturated rings. The van der Waals surface area contributed by atoms with Gasteiger partial charge in [0.1, 0.15) is 0 Å². The highest BCUT2D eigenvalue weighted by molar-refractivity contribution is 4.90. The summed E-state index contributed by atoms with van der Waals surface area (Å²) in [5.41, 5.74) is 0.349. The molecule has 0 spiro atoms. The molecule has 0 aromatic carbocycles. The lowest BCUT2D eigenvalue weighted by atomic mass is 9.90. The summed E-state index contributed by atoms with van der Waals surface area (Å²) < 4.78 is 0. The molecule has 1 N–H and O–H groups in total. The SMILES string of the molecule is CCC(C)N1CCCC(C)(NC)C1. The van der Waals surface area contributed by atoms with Gasteiger partial charge in [0.15, 0.2) is 0 Å². The van der Waals surface area contributed by atoms with Crippen LogP contribution in [-0.2, 0) is 0 Å². The molecule has 1 aliphatic rings. The molecule has 78 valence electrons. The van der Waals surface area contributed by atoms with Crippen molar-refractivity contribution in [1.29, 1.82) is 0 Å². The highest BCUT2D eigenvalue weighted by Gasteiger charge is 2.30. The molecule has 0 aromatic heterocycles. The minimum absolute atomic E-state index is 0.349. The molecular weight excluding hydrogens is 160 g/mol. The van der Waals surface area contributed by atoms with Gasteiger partial charge in [0.25, 0.3) is 0 Å². The van der Waals surface area contributed by atoms with Gasteiger partial charge in [-0.1, -0.05) is 6.92 Å². The lowest BCUT2D eigenvalue weighted by molar-refractivity contribution is 0.102. The average Bonchev–Trinajstić information content (AvgIpc) is 2.17. The molecule has 2 atom stereocenters. The first-order valence-corrected chi connectivity index (χ1v) is 5.54. The second-order valence-electron chi connectivity index (χ2n) is 4.64. The average molecular weight is 184 g/mol. The zero-order valence-electron chi connectivity index (χ0n) is 9.56. The highest BCUT2D eigenvalue weighted by Crippen LogP contribution is 2.22. The zero-order valence-corrected chi connectivity index (χ0v) is 9.56. The molecule has 0 bridgehead atoms. The number of nitrogens with one attached hydrogen (secondary N) is 1. The fraction of sp³-hybridized carbons (Fsp3) is 1.00. The van der Waals surface area contributed by atoms with Crippen LogP contribution in [0.5, 0.6) is 0 Å². The Bertz CT molecular complexity index is 158. The van der Waals surface area contributed by atoms with Crippen molar-refractivity contribution in [3.63, 3.8) is 0 Å². The normalized spacial score (nSPS) is 33.2. The summed E-state index contributed by atoms with van der Waals surface area (Å²) in [5.74, 6) is 0. The van der Waals surface area contributed by atoms with Crippen molar-refractivity contribution in [2.75, 3.05) is 20.1 Å². The van der Waals surface area contributed by atoms with Crippen LogP contribution < -0.4 is 5.32 Å². The maximum atomic E-state index is 3.45. The molecule has 0 aliphatic carbocycles. The summed E-state index contributed by atoms with van der Waals surface area (Å²) in [6.07, 6.45) is 3.91. The molecule has 1 aliphatic heterocycles. The quantitative estimate of drug-likeness (QED) is 0.720. The summed E-state index contributed by atoms with van der Waals surface area (Å²) in [6.45, 7) is 9.43. The van der Waals surface area contributed by atoms with E-state index in [1.807, 2.05) is 0 Å². The Kier molecular flexibility index (Phi) is 3.74. The van der Waals surface area contributed by atoms with Gasteiger partial charge in [-0.3, -0.25) is 4.90 Å². The van der Waals surface area contributed by atoms with Crippen LogP contribution in [0.4, 0.5) is 0 Å². The van der Waals surface area contributed by atoms with Crippen molar-refractivity contribution in [1.82, 2.24) is 10.2 Å². The molecule has 1 saturated heterocycles. The molecule has 0 aromatic rings. The van der Waals surface area contributed by atoms with Gasteiger partial charge in [-0.15, -0.1) is 0 Å². The molecule has 2 nitrogen and oxygen atoms in total. The van der Waals surface area contributed by atoms with Crippen molar-refractivity contribution in [2.45, 2.75) is 51.6 Å². The lowest BCUT2D eigenvalue weighted by Crippen LogP contribution is -2.55. The number of likely N-dealkylation sites (N-methyl/N-ethyl adjacent to an activating group) is 1. The van der Waals surface area contributed by atoms with Crippen LogP contribution in [0.25, 0.3) is 0 Å². The fourth-order valence-electron chi connectivity index (χ4n) is 2.12. The van der Waals surface area contributed by atoms with Gasteiger partial charge in [-0.25, -0.2) is 0 Å². The fourth-order valence-corrected chi connectivity index (χ4v) is 2.12. The molecule has 0 saturated carbocycles. The van der Waals surface area contributed by atoms with Crippen LogP contribution >= 0.6 is 0 Å². The monoisotopic (exact) mass is 184 g/mol. The molecule has 13 heavy (non-hydrogen) atoms. The van der Waals surface area contributed by atoms with E-state index in [9.17, 15) is 0 Å². The van der Waals surface area contributed by atoms with Gasteiger partial charge < -0.3 is 5.32 Å². The predicted molar refractivity (Wildman–Crippen MR) is 58.0 cm³/mol. The minimum Gasteiger partial charge on any atom is -0.313 e. The molecule has 0 amide bonds. The lowest BCUT2D eigenvalue weighted by Gasteiger charge is -2.43. The first-order valence-electron chi connectivity index (χ1n) is 5.54. The number of likely N-dealkylation sites (tertiary alicyclic amines) is 1. The van der Waals surface area contributed by atoms with Crippen molar-refractivity contribution in [2.24, 2.45) is 0 Å². The predicted octanol–water partition coefficient (Wildman–Crippen LogP) is 1.86. The zero-order chi connectivity index (χ0) is 9.90. The third kappa shape index (κ3) is 2.68. The van der Waals surface area contributed by atoms with Crippen LogP contribution in [0.2, 0.25) is 0 Å². The summed E-state index contributed by atoms with van der Waals surface area (Å²) >= 11 is 0. The van der Waals surface area contributed by atoms with E-state index < -0.39 is 0 Å². The van der Waals surface area contributed by atoms with Crippen LogP contribution in [-0.4, -0.2) is 36.6 Å².